The summed E-state index contributed by atoms with van der Waals surface area (Å²) in [5.74, 6) is 0. The van der Waals surface area contributed by atoms with Crippen molar-refractivity contribution in [2.75, 3.05) is 0 Å². The average Bonchev–Trinajstić information content (AvgIpc) is 2.89. The molecule has 90 valence electrons. The van der Waals surface area contributed by atoms with Gasteiger partial charge in [-0.15, -0.1) is 0 Å². The van der Waals surface area contributed by atoms with E-state index < -0.39 is 0 Å². The summed E-state index contributed by atoms with van der Waals surface area (Å²) in [5.41, 5.74) is 4.28. The molecular weight excluding hydrogens is 236 g/mol. The van der Waals surface area contributed by atoms with Crippen molar-refractivity contribution in [3.8, 4) is 17.2 Å². The van der Waals surface area contributed by atoms with Gasteiger partial charge in [0, 0.05) is 16.5 Å². The number of nitrogens with one attached hydrogen (secondary N) is 1. The molecule has 0 saturated carbocycles. The number of H-pyrrole nitrogens is 1. The molecule has 0 atom stereocenters. The second kappa shape index (κ2) is 4.43. The molecule has 0 fully saturated rings. The topological polar surface area (TPSA) is 56.6 Å². The smallest absolute Gasteiger partial charge is 0.150 e. The molecule has 3 heteroatoms. The van der Waals surface area contributed by atoms with Gasteiger partial charge in [0.25, 0.3) is 0 Å². The third kappa shape index (κ3) is 2.00. The molecule has 3 aromatic rings. The lowest BCUT2D eigenvalue weighted by Gasteiger charge is -2.02. The van der Waals surface area contributed by atoms with Crippen LogP contribution in [0.5, 0.6) is 0 Å². The van der Waals surface area contributed by atoms with E-state index in [-0.39, 0.29) is 0 Å². The van der Waals surface area contributed by atoms with Crippen molar-refractivity contribution in [3.05, 3.63) is 59.8 Å². The zero-order valence-electron chi connectivity index (χ0n) is 10.1. The van der Waals surface area contributed by atoms with Gasteiger partial charge in [-0.1, -0.05) is 30.3 Å². The van der Waals surface area contributed by atoms with Gasteiger partial charge in [0.05, 0.1) is 0 Å². The molecule has 0 aliphatic rings. The number of carbonyl (C=O) groups excluding carboxylic acids is 1. The third-order valence-corrected chi connectivity index (χ3v) is 3.12. The Morgan fingerprint density at radius 1 is 1.00 bits per heavy atom. The number of fused-ring (bicyclic) bond motifs is 1. The first-order valence-electron chi connectivity index (χ1n) is 5.88. The lowest BCUT2D eigenvalue weighted by atomic mass is 10.0. The SMILES string of the molecule is N#Cc1cc2cc(-c3ccc(C=O)cc3)ccc2[nH]1. The minimum atomic E-state index is 0.559. The van der Waals surface area contributed by atoms with Gasteiger partial charge >= 0.3 is 0 Å². The zero-order valence-corrected chi connectivity index (χ0v) is 10.1. The van der Waals surface area contributed by atoms with Gasteiger partial charge in [0.2, 0.25) is 0 Å². The first kappa shape index (κ1) is 11.2. The minimum absolute atomic E-state index is 0.559. The van der Waals surface area contributed by atoms with Crippen molar-refractivity contribution < 1.29 is 4.79 Å². The molecule has 3 nitrogen and oxygen atoms in total. The first-order valence-corrected chi connectivity index (χ1v) is 5.88. The summed E-state index contributed by atoms with van der Waals surface area (Å²) >= 11 is 0. The average molecular weight is 246 g/mol. The molecule has 0 saturated heterocycles. The summed E-state index contributed by atoms with van der Waals surface area (Å²) in [4.78, 5) is 13.7. The molecule has 0 aliphatic carbocycles. The summed E-state index contributed by atoms with van der Waals surface area (Å²) in [6.07, 6.45) is 0.832. The Morgan fingerprint density at radius 2 is 1.74 bits per heavy atom. The van der Waals surface area contributed by atoms with Crippen LogP contribution in [0.1, 0.15) is 16.1 Å². The van der Waals surface area contributed by atoms with Gasteiger partial charge in [0.15, 0.2) is 0 Å². The largest absolute Gasteiger partial charge is 0.346 e. The molecule has 3 rings (SSSR count). The van der Waals surface area contributed by atoms with Crippen molar-refractivity contribution in [2.24, 2.45) is 0 Å². The molecule has 0 bridgehead atoms. The predicted molar refractivity (Wildman–Crippen MR) is 73.8 cm³/mol. The molecule has 1 N–H and O–H groups in total. The van der Waals surface area contributed by atoms with Crippen LogP contribution in [0.25, 0.3) is 22.0 Å². The molecule has 1 heterocycles. The maximum atomic E-state index is 10.6. The molecule has 0 unspecified atom stereocenters. The van der Waals surface area contributed by atoms with Gasteiger partial charge in [0.1, 0.15) is 18.0 Å². The maximum absolute atomic E-state index is 10.6. The maximum Gasteiger partial charge on any atom is 0.150 e. The molecule has 0 radical (unpaired) electrons. The number of hydrogen-bond acceptors (Lipinski definition) is 2. The quantitative estimate of drug-likeness (QED) is 0.703. The van der Waals surface area contributed by atoms with Crippen LogP contribution < -0.4 is 0 Å². The van der Waals surface area contributed by atoms with Crippen LogP contribution in [0.2, 0.25) is 0 Å². The fraction of sp³-hybridized carbons (Fsp3) is 0. The number of carbonyl (C=O) groups is 1. The molecule has 0 amide bonds. The van der Waals surface area contributed by atoms with Gasteiger partial charge in [-0.25, -0.2) is 0 Å². The number of benzene rings is 2. The van der Waals surface area contributed by atoms with Gasteiger partial charge in [-0.2, -0.15) is 5.26 Å². The van der Waals surface area contributed by atoms with E-state index in [1.54, 1.807) is 12.1 Å². The molecule has 1 aromatic heterocycles. The van der Waals surface area contributed by atoms with Crippen LogP contribution in [0, 0.1) is 11.3 Å². The normalized spacial score (nSPS) is 10.3. The van der Waals surface area contributed by atoms with Crippen LogP contribution in [0.3, 0.4) is 0 Å². The van der Waals surface area contributed by atoms with Gasteiger partial charge < -0.3 is 4.98 Å². The first-order chi connectivity index (χ1) is 9.30. The zero-order chi connectivity index (χ0) is 13.2. The highest BCUT2D eigenvalue weighted by atomic mass is 16.1. The second-order valence-corrected chi connectivity index (χ2v) is 4.34. The van der Waals surface area contributed by atoms with E-state index in [1.807, 2.05) is 36.4 Å². The Labute approximate surface area is 110 Å². The van der Waals surface area contributed by atoms with E-state index in [2.05, 4.69) is 11.1 Å². The Kier molecular flexibility index (Phi) is 2.62. The van der Waals surface area contributed by atoms with E-state index in [9.17, 15) is 4.79 Å². The van der Waals surface area contributed by atoms with E-state index in [4.69, 9.17) is 5.26 Å². The molecule has 0 spiro atoms. The number of aromatic nitrogens is 1. The fourth-order valence-corrected chi connectivity index (χ4v) is 2.13. The van der Waals surface area contributed by atoms with Crippen molar-refractivity contribution in [1.29, 1.82) is 5.26 Å². The number of nitrogens with zero attached hydrogens (tertiary/aromatic N) is 1. The van der Waals surface area contributed by atoms with Crippen molar-refractivity contribution in [2.45, 2.75) is 0 Å². The molecular formula is C16H10N2O. The third-order valence-electron chi connectivity index (χ3n) is 3.12. The van der Waals surface area contributed by atoms with E-state index in [1.165, 1.54) is 0 Å². The highest BCUT2D eigenvalue weighted by Crippen LogP contribution is 2.25. The van der Waals surface area contributed by atoms with E-state index in [0.717, 1.165) is 28.3 Å². The summed E-state index contributed by atoms with van der Waals surface area (Å²) in [7, 11) is 0. The van der Waals surface area contributed by atoms with Crippen molar-refractivity contribution in [1.82, 2.24) is 4.98 Å². The Hall–Kier alpha value is -2.86. The molecule has 2 aromatic carbocycles. The lowest BCUT2D eigenvalue weighted by Crippen LogP contribution is -1.81. The molecule has 19 heavy (non-hydrogen) atoms. The summed E-state index contributed by atoms with van der Waals surface area (Å²) in [6.45, 7) is 0. The van der Waals surface area contributed by atoms with E-state index >= 15 is 0 Å². The van der Waals surface area contributed by atoms with Crippen LogP contribution >= 0.6 is 0 Å². The Morgan fingerprint density at radius 3 is 2.42 bits per heavy atom. The highest BCUT2D eigenvalue weighted by molar-refractivity contribution is 5.87. The number of aldehydes is 1. The summed E-state index contributed by atoms with van der Waals surface area (Å²) in [5, 5.41) is 9.88. The minimum Gasteiger partial charge on any atom is -0.346 e. The van der Waals surface area contributed by atoms with Crippen molar-refractivity contribution in [3.63, 3.8) is 0 Å². The summed E-state index contributed by atoms with van der Waals surface area (Å²) < 4.78 is 0. The Balaban J connectivity index is 2.08. The number of aromatic amines is 1. The summed E-state index contributed by atoms with van der Waals surface area (Å²) in [6, 6.07) is 17.3. The second-order valence-electron chi connectivity index (χ2n) is 4.34. The van der Waals surface area contributed by atoms with Gasteiger partial charge in [-0.05, 0) is 29.3 Å². The van der Waals surface area contributed by atoms with Gasteiger partial charge in [-0.3, -0.25) is 4.79 Å². The van der Waals surface area contributed by atoms with E-state index in [0.29, 0.717) is 11.3 Å². The van der Waals surface area contributed by atoms with Crippen LogP contribution in [-0.2, 0) is 0 Å². The lowest BCUT2D eigenvalue weighted by molar-refractivity contribution is 0.112. The number of nitriles is 1. The van der Waals surface area contributed by atoms with Crippen LogP contribution in [0.4, 0.5) is 0 Å². The predicted octanol–water partition coefficient (Wildman–Crippen LogP) is 3.52. The standard InChI is InChI=1S/C16H10N2O/c17-9-15-8-14-7-13(5-6-16(14)18-15)12-3-1-11(10-19)2-4-12/h1-8,10,18H. The molecule has 0 aliphatic heterocycles. The monoisotopic (exact) mass is 246 g/mol. The highest BCUT2D eigenvalue weighted by Gasteiger charge is 2.03. The van der Waals surface area contributed by atoms with Crippen LogP contribution in [-0.4, -0.2) is 11.3 Å². The number of hydrogen-bond donors (Lipinski definition) is 1. The van der Waals surface area contributed by atoms with Crippen molar-refractivity contribution >= 4 is 17.2 Å². The Bertz CT molecular complexity index is 792. The van der Waals surface area contributed by atoms with Crippen LogP contribution in [0.15, 0.2) is 48.5 Å². The fourth-order valence-electron chi connectivity index (χ4n) is 2.13. The number of rotatable bonds is 2.